The third-order valence-electron chi connectivity index (χ3n) is 2.86. The van der Waals surface area contributed by atoms with Gasteiger partial charge in [-0.15, -0.1) is 0 Å². The van der Waals surface area contributed by atoms with Crippen molar-refractivity contribution in [2.75, 3.05) is 0 Å². The average molecular weight is 385 g/mol. The second-order valence-electron chi connectivity index (χ2n) is 3.69. The molecule has 0 N–H and O–H groups in total. The summed E-state index contributed by atoms with van der Waals surface area (Å²) in [5.74, 6) is 0.680. The molecule has 15 heavy (non-hydrogen) atoms. The Hall–Kier alpha value is 0.120. The van der Waals surface area contributed by atoms with Crippen LogP contribution < -0.4 is 0 Å². The standard InChI is InChI=1S/C13H15.ClH.Hf/c1-3-10(2)12-9-8-11-6-4-5-7-13(11)12;;/h4-10H,3H2,1-2H3;1H;/q;;+1/p-1. The minimum absolute atomic E-state index is 0.680. The van der Waals surface area contributed by atoms with Crippen LogP contribution in [-0.4, -0.2) is 0 Å². The number of halogens is 1. The number of hydrogen-bond donors (Lipinski definition) is 0. The summed E-state index contributed by atoms with van der Waals surface area (Å²) >= 11 is 0.778. The van der Waals surface area contributed by atoms with Gasteiger partial charge in [0.15, 0.2) is 0 Å². The molecule has 1 radical (unpaired) electrons. The SMILES string of the molecule is CCC(C)C1=C[CH]c2ccccc21.[Cl][Hf]. The molecule has 0 bridgehead atoms. The summed E-state index contributed by atoms with van der Waals surface area (Å²) in [4.78, 5) is 0. The van der Waals surface area contributed by atoms with E-state index in [-0.39, 0.29) is 0 Å². The molecule has 1 aromatic rings. The fraction of sp³-hybridized carbons (Fsp3) is 0.308. The normalized spacial score (nSPS) is 14.7. The zero-order valence-corrected chi connectivity index (χ0v) is 13.5. The van der Waals surface area contributed by atoms with Gasteiger partial charge in [0.2, 0.25) is 0 Å². The summed E-state index contributed by atoms with van der Waals surface area (Å²) < 4.78 is 0. The van der Waals surface area contributed by atoms with E-state index >= 15 is 0 Å². The van der Waals surface area contributed by atoms with Crippen LogP contribution in [0.2, 0.25) is 0 Å². The molecule has 0 fully saturated rings. The number of rotatable bonds is 2. The summed E-state index contributed by atoms with van der Waals surface area (Å²) in [6.07, 6.45) is 5.70. The van der Waals surface area contributed by atoms with Gasteiger partial charge in [-0.3, -0.25) is 0 Å². The average Bonchev–Trinajstić information content (AvgIpc) is 2.74. The van der Waals surface area contributed by atoms with E-state index in [0.29, 0.717) is 5.92 Å². The van der Waals surface area contributed by atoms with Crippen molar-refractivity contribution in [3.05, 3.63) is 47.9 Å². The summed E-state index contributed by atoms with van der Waals surface area (Å²) in [7, 11) is 4.78. The van der Waals surface area contributed by atoms with Gasteiger partial charge in [0.05, 0.1) is 0 Å². The van der Waals surface area contributed by atoms with Gasteiger partial charge in [0, 0.05) is 6.42 Å². The van der Waals surface area contributed by atoms with Crippen LogP contribution in [0.3, 0.4) is 0 Å². The topological polar surface area (TPSA) is 0 Å². The maximum atomic E-state index is 4.78. The molecule has 1 aliphatic carbocycles. The summed E-state index contributed by atoms with van der Waals surface area (Å²) in [6, 6.07) is 8.62. The predicted octanol–water partition coefficient (Wildman–Crippen LogP) is 4.37. The molecule has 0 amide bonds. The third-order valence-corrected chi connectivity index (χ3v) is 2.86. The van der Waals surface area contributed by atoms with E-state index in [1.165, 1.54) is 23.1 Å². The van der Waals surface area contributed by atoms with E-state index in [1.807, 2.05) is 0 Å². The van der Waals surface area contributed by atoms with Gasteiger partial charge in [-0.1, -0.05) is 44.2 Å². The summed E-state index contributed by atoms with van der Waals surface area (Å²) in [5.41, 5.74) is 4.30. The van der Waals surface area contributed by atoms with Crippen molar-refractivity contribution < 1.29 is 23.2 Å². The first-order chi connectivity index (χ1) is 7.33. The van der Waals surface area contributed by atoms with Crippen molar-refractivity contribution in [3.63, 3.8) is 0 Å². The van der Waals surface area contributed by atoms with Crippen molar-refractivity contribution >= 4 is 14.2 Å². The second-order valence-corrected chi connectivity index (χ2v) is 3.69. The zero-order valence-electron chi connectivity index (χ0n) is 9.13. The fourth-order valence-corrected chi connectivity index (χ4v) is 1.82. The maximum absolute atomic E-state index is 4.78. The van der Waals surface area contributed by atoms with Crippen molar-refractivity contribution in [3.8, 4) is 0 Å². The van der Waals surface area contributed by atoms with Crippen molar-refractivity contribution in [2.45, 2.75) is 20.3 Å². The zero-order chi connectivity index (χ0) is 11.3. The Labute approximate surface area is 111 Å². The Morgan fingerprint density at radius 3 is 2.60 bits per heavy atom. The van der Waals surface area contributed by atoms with Gasteiger partial charge in [-0.05, 0) is 29.0 Å². The summed E-state index contributed by atoms with van der Waals surface area (Å²) in [6.45, 7) is 4.54. The molecule has 0 saturated carbocycles. The Morgan fingerprint density at radius 1 is 1.27 bits per heavy atom. The second kappa shape index (κ2) is 6.65. The molecule has 1 aliphatic rings. The monoisotopic (exact) mass is 386 g/mol. The molecule has 0 aromatic heterocycles. The number of fused-ring (bicyclic) bond motifs is 1. The molecular formula is C13H15ClHf. The molecule has 1 aromatic carbocycles. The Balaban J connectivity index is 0.000000531. The molecule has 1 unspecified atom stereocenters. The molecular weight excluding hydrogens is 370 g/mol. The van der Waals surface area contributed by atoms with Crippen LogP contribution in [0.25, 0.3) is 5.57 Å². The van der Waals surface area contributed by atoms with Crippen molar-refractivity contribution in [1.82, 2.24) is 0 Å². The molecule has 0 saturated heterocycles. The third kappa shape index (κ3) is 3.04. The van der Waals surface area contributed by atoms with Crippen LogP contribution in [0.4, 0.5) is 0 Å². The molecule has 78 valence electrons. The number of hydrogen-bond acceptors (Lipinski definition) is 0. The van der Waals surface area contributed by atoms with Gasteiger partial charge in [-0.2, -0.15) is 0 Å². The first-order valence-electron chi connectivity index (χ1n) is 5.16. The van der Waals surface area contributed by atoms with E-state index in [9.17, 15) is 0 Å². The molecule has 0 spiro atoms. The molecule has 2 heteroatoms. The minimum atomic E-state index is 0.680. The van der Waals surface area contributed by atoms with E-state index in [0.717, 1.165) is 23.2 Å². The molecule has 2 rings (SSSR count). The molecule has 0 aliphatic heterocycles. The van der Waals surface area contributed by atoms with E-state index in [1.54, 1.807) is 0 Å². The van der Waals surface area contributed by atoms with Gasteiger partial charge < -0.3 is 0 Å². The van der Waals surface area contributed by atoms with Gasteiger partial charge in [0.1, 0.15) is 0 Å². The molecule has 0 nitrogen and oxygen atoms in total. The van der Waals surface area contributed by atoms with E-state index < -0.39 is 0 Å². The van der Waals surface area contributed by atoms with Crippen molar-refractivity contribution in [1.29, 1.82) is 0 Å². The quantitative estimate of drug-likeness (QED) is 0.664. The molecule has 1 atom stereocenters. The van der Waals surface area contributed by atoms with Crippen LogP contribution >= 0.6 is 8.58 Å². The summed E-state index contributed by atoms with van der Waals surface area (Å²) in [5, 5.41) is 0. The van der Waals surface area contributed by atoms with Crippen LogP contribution in [0, 0.1) is 12.3 Å². The van der Waals surface area contributed by atoms with Gasteiger partial charge >= 0.3 is 31.8 Å². The first-order valence-corrected chi connectivity index (χ1v) is 9.61. The number of benzene rings is 1. The van der Waals surface area contributed by atoms with Crippen LogP contribution in [-0.2, 0) is 23.2 Å². The Bertz CT molecular complexity index is 344. The first kappa shape index (κ1) is 13.2. The van der Waals surface area contributed by atoms with Gasteiger partial charge in [0.25, 0.3) is 0 Å². The van der Waals surface area contributed by atoms with Crippen LogP contribution in [0.1, 0.15) is 31.4 Å². The van der Waals surface area contributed by atoms with Crippen molar-refractivity contribution in [2.24, 2.45) is 5.92 Å². The van der Waals surface area contributed by atoms with Crippen LogP contribution in [0.5, 0.6) is 0 Å². The molecule has 0 heterocycles. The van der Waals surface area contributed by atoms with E-state index in [2.05, 4.69) is 50.6 Å². The Morgan fingerprint density at radius 2 is 1.93 bits per heavy atom. The predicted molar refractivity (Wildman–Crippen MR) is 63.1 cm³/mol. The van der Waals surface area contributed by atoms with E-state index in [4.69, 9.17) is 8.58 Å². The van der Waals surface area contributed by atoms with Crippen LogP contribution in [0.15, 0.2) is 30.3 Å². The number of allylic oxidation sites excluding steroid dienone is 2. The Kier molecular flexibility index (Phi) is 5.84. The fourth-order valence-electron chi connectivity index (χ4n) is 1.82. The van der Waals surface area contributed by atoms with Gasteiger partial charge in [-0.25, -0.2) is 0 Å².